The van der Waals surface area contributed by atoms with Crippen molar-refractivity contribution in [1.29, 1.82) is 0 Å². The third-order valence-corrected chi connectivity index (χ3v) is 5.91. The second-order valence-corrected chi connectivity index (χ2v) is 9.05. The molecule has 2 aromatic rings. The van der Waals surface area contributed by atoms with Gasteiger partial charge in [-0.3, -0.25) is 4.31 Å². The maximum atomic E-state index is 12.3. The molecule has 1 atom stereocenters. The third-order valence-electron chi connectivity index (χ3n) is 3.71. The SMILES string of the molecule is CC1Cc2cc(N(Cc3cccs3)S(C)(=O)=O)ccc2NC(=S)O1. The lowest BCUT2D eigenvalue weighted by Crippen LogP contribution is -2.29. The summed E-state index contributed by atoms with van der Waals surface area (Å²) in [6.45, 7) is 2.27. The van der Waals surface area contributed by atoms with Crippen LogP contribution in [0.3, 0.4) is 0 Å². The Hall–Kier alpha value is -1.64. The van der Waals surface area contributed by atoms with Gasteiger partial charge in [-0.15, -0.1) is 11.3 Å². The summed E-state index contributed by atoms with van der Waals surface area (Å²) in [5, 5.41) is 5.33. The summed E-state index contributed by atoms with van der Waals surface area (Å²) in [6, 6.07) is 9.39. The lowest BCUT2D eigenvalue weighted by atomic mass is 10.1. The van der Waals surface area contributed by atoms with Crippen LogP contribution in [0.4, 0.5) is 11.4 Å². The van der Waals surface area contributed by atoms with E-state index in [1.54, 1.807) is 6.07 Å². The monoisotopic (exact) mass is 382 g/mol. The Bertz CT molecular complexity index is 847. The van der Waals surface area contributed by atoms with E-state index >= 15 is 0 Å². The molecule has 0 bridgehead atoms. The number of thiocarbonyl (C=S) groups is 1. The molecule has 0 aliphatic carbocycles. The number of benzene rings is 1. The maximum absolute atomic E-state index is 12.3. The number of hydrogen-bond acceptors (Lipinski definition) is 5. The highest BCUT2D eigenvalue weighted by Gasteiger charge is 2.22. The van der Waals surface area contributed by atoms with Gasteiger partial charge in [-0.05, 0) is 54.4 Å². The molecule has 1 aromatic heterocycles. The van der Waals surface area contributed by atoms with Crippen molar-refractivity contribution in [3.63, 3.8) is 0 Å². The van der Waals surface area contributed by atoms with Crippen molar-refractivity contribution >= 4 is 50.1 Å². The van der Waals surface area contributed by atoms with E-state index in [0.29, 0.717) is 23.8 Å². The predicted molar refractivity (Wildman–Crippen MR) is 102 cm³/mol. The smallest absolute Gasteiger partial charge is 0.261 e. The molecule has 1 aromatic carbocycles. The van der Waals surface area contributed by atoms with Gasteiger partial charge in [-0.1, -0.05) is 6.07 Å². The molecule has 1 unspecified atom stereocenters. The van der Waals surface area contributed by atoms with Crippen molar-refractivity contribution in [2.75, 3.05) is 15.9 Å². The van der Waals surface area contributed by atoms with E-state index in [2.05, 4.69) is 5.32 Å². The highest BCUT2D eigenvalue weighted by molar-refractivity contribution is 7.92. The molecule has 3 rings (SSSR count). The van der Waals surface area contributed by atoms with Crippen LogP contribution in [0.2, 0.25) is 0 Å². The molecule has 1 aliphatic rings. The molecule has 0 saturated carbocycles. The molecule has 0 fully saturated rings. The van der Waals surface area contributed by atoms with E-state index in [9.17, 15) is 8.42 Å². The fourth-order valence-electron chi connectivity index (χ4n) is 2.64. The topological polar surface area (TPSA) is 58.6 Å². The Labute approximate surface area is 151 Å². The Balaban J connectivity index is 1.98. The van der Waals surface area contributed by atoms with Gasteiger partial charge in [-0.2, -0.15) is 0 Å². The molecule has 0 amide bonds. The molecule has 2 heterocycles. The van der Waals surface area contributed by atoms with Gasteiger partial charge >= 0.3 is 0 Å². The fraction of sp³-hybridized carbons (Fsp3) is 0.312. The van der Waals surface area contributed by atoms with Crippen molar-refractivity contribution in [2.24, 2.45) is 0 Å². The maximum Gasteiger partial charge on any atom is 0.261 e. The highest BCUT2D eigenvalue weighted by atomic mass is 32.2. The third kappa shape index (κ3) is 3.88. The van der Waals surface area contributed by atoms with Crippen molar-refractivity contribution in [3.05, 3.63) is 46.2 Å². The largest absolute Gasteiger partial charge is 0.467 e. The average Bonchev–Trinajstić information content (AvgIpc) is 2.93. The molecular formula is C16H18N2O3S3. The molecule has 0 spiro atoms. The van der Waals surface area contributed by atoms with E-state index in [1.807, 2.05) is 36.6 Å². The number of ether oxygens (including phenoxy) is 1. The number of hydrogen-bond donors (Lipinski definition) is 1. The Morgan fingerprint density at radius 2 is 2.21 bits per heavy atom. The van der Waals surface area contributed by atoms with Crippen LogP contribution in [-0.4, -0.2) is 26.0 Å². The van der Waals surface area contributed by atoms with E-state index in [0.717, 1.165) is 16.1 Å². The van der Waals surface area contributed by atoms with Gasteiger partial charge in [-0.25, -0.2) is 8.42 Å². The number of nitrogens with one attached hydrogen (secondary N) is 1. The molecule has 128 valence electrons. The quantitative estimate of drug-likeness (QED) is 0.822. The van der Waals surface area contributed by atoms with Crippen molar-refractivity contribution < 1.29 is 13.2 Å². The first kappa shape index (κ1) is 17.2. The molecule has 8 heteroatoms. The van der Waals surface area contributed by atoms with E-state index in [1.165, 1.54) is 21.9 Å². The molecule has 0 radical (unpaired) electrons. The molecule has 0 saturated heterocycles. The molecule has 1 N–H and O–H groups in total. The summed E-state index contributed by atoms with van der Waals surface area (Å²) in [5.74, 6) is 0. The summed E-state index contributed by atoms with van der Waals surface area (Å²) in [5.41, 5.74) is 2.49. The molecule has 5 nitrogen and oxygen atoms in total. The van der Waals surface area contributed by atoms with E-state index in [-0.39, 0.29) is 6.10 Å². The first-order valence-electron chi connectivity index (χ1n) is 7.43. The second kappa shape index (κ2) is 6.70. The minimum Gasteiger partial charge on any atom is -0.467 e. The van der Waals surface area contributed by atoms with Gasteiger partial charge in [0.1, 0.15) is 6.10 Å². The van der Waals surface area contributed by atoms with Crippen molar-refractivity contribution in [3.8, 4) is 0 Å². The number of thiophene rings is 1. The zero-order chi connectivity index (χ0) is 17.3. The van der Waals surface area contributed by atoms with Crippen molar-refractivity contribution in [1.82, 2.24) is 0 Å². The zero-order valence-electron chi connectivity index (χ0n) is 13.4. The summed E-state index contributed by atoms with van der Waals surface area (Å²) in [6.07, 6.45) is 1.82. The van der Waals surface area contributed by atoms with Crippen LogP contribution in [0.25, 0.3) is 0 Å². The van der Waals surface area contributed by atoms with Gasteiger partial charge in [0, 0.05) is 17.0 Å². The van der Waals surface area contributed by atoms with Gasteiger partial charge in [0.15, 0.2) is 0 Å². The second-order valence-electron chi connectivity index (χ2n) is 5.74. The van der Waals surface area contributed by atoms with Crippen LogP contribution in [0, 0.1) is 0 Å². The summed E-state index contributed by atoms with van der Waals surface area (Å²) >= 11 is 6.67. The molecule has 1 aliphatic heterocycles. The van der Waals surface area contributed by atoms with Crippen LogP contribution in [-0.2, 0) is 27.7 Å². The molecule has 24 heavy (non-hydrogen) atoms. The number of sulfonamides is 1. The average molecular weight is 383 g/mol. The Kier molecular flexibility index (Phi) is 4.80. The van der Waals surface area contributed by atoms with E-state index < -0.39 is 10.0 Å². The zero-order valence-corrected chi connectivity index (χ0v) is 15.8. The lowest BCUT2D eigenvalue weighted by Gasteiger charge is -2.23. The van der Waals surface area contributed by atoms with Crippen LogP contribution in [0.1, 0.15) is 17.4 Å². The van der Waals surface area contributed by atoms with Crippen LogP contribution >= 0.6 is 23.6 Å². The summed E-state index contributed by atoms with van der Waals surface area (Å²) in [4.78, 5) is 0.992. The van der Waals surface area contributed by atoms with Crippen molar-refractivity contribution in [2.45, 2.75) is 26.0 Å². The summed E-state index contributed by atoms with van der Waals surface area (Å²) < 4.78 is 31.5. The van der Waals surface area contributed by atoms with Crippen LogP contribution in [0.5, 0.6) is 0 Å². The minimum absolute atomic E-state index is 0.0644. The van der Waals surface area contributed by atoms with Crippen LogP contribution < -0.4 is 9.62 Å². The number of anilines is 2. The number of nitrogens with zero attached hydrogens (tertiary/aromatic N) is 1. The van der Waals surface area contributed by atoms with E-state index in [4.69, 9.17) is 17.0 Å². The lowest BCUT2D eigenvalue weighted by molar-refractivity contribution is 0.217. The van der Waals surface area contributed by atoms with Gasteiger partial charge < -0.3 is 10.1 Å². The first-order valence-corrected chi connectivity index (χ1v) is 10.6. The van der Waals surface area contributed by atoms with Gasteiger partial charge in [0.25, 0.3) is 5.17 Å². The fourth-order valence-corrected chi connectivity index (χ4v) is 4.56. The van der Waals surface area contributed by atoms with Gasteiger partial charge in [0.2, 0.25) is 10.0 Å². The minimum atomic E-state index is -3.39. The first-order chi connectivity index (χ1) is 11.3. The Morgan fingerprint density at radius 1 is 1.42 bits per heavy atom. The standard InChI is InChI=1S/C16H18N2O3S3/c1-11-8-12-9-13(5-6-15(12)17-16(22)21-11)18(24(2,19)20)10-14-4-3-7-23-14/h3-7,9,11H,8,10H2,1-2H3,(H,17,22). The predicted octanol–water partition coefficient (Wildman–Crippen LogP) is 3.37. The normalized spacial score (nSPS) is 17.4. The Morgan fingerprint density at radius 3 is 2.88 bits per heavy atom. The summed E-state index contributed by atoms with van der Waals surface area (Å²) in [7, 11) is -3.39. The molecular weight excluding hydrogens is 364 g/mol. The highest BCUT2D eigenvalue weighted by Crippen LogP contribution is 2.30. The van der Waals surface area contributed by atoms with Crippen LogP contribution in [0.15, 0.2) is 35.7 Å². The van der Waals surface area contributed by atoms with Gasteiger partial charge in [0.05, 0.1) is 18.5 Å². The number of rotatable bonds is 4. The number of fused-ring (bicyclic) bond motifs is 1.